The molecule has 1 saturated heterocycles. The molecule has 1 aliphatic heterocycles. The van der Waals surface area contributed by atoms with Gasteiger partial charge in [0.15, 0.2) is 9.84 Å². The topological polar surface area (TPSA) is 150 Å². The Morgan fingerprint density at radius 3 is 2.17 bits per heavy atom. The number of aromatic nitrogens is 2. The van der Waals surface area contributed by atoms with E-state index < -0.39 is 32.6 Å². The lowest BCUT2D eigenvalue weighted by molar-refractivity contribution is -0.128. The van der Waals surface area contributed by atoms with Crippen LogP contribution < -0.4 is 10.6 Å². The molecule has 188 valence electrons. The zero-order valence-corrected chi connectivity index (χ0v) is 20.7. The third-order valence-electron chi connectivity index (χ3n) is 5.33. The summed E-state index contributed by atoms with van der Waals surface area (Å²) in [5.41, 5.74) is 7.03. The van der Waals surface area contributed by atoms with E-state index in [1.807, 2.05) is 11.8 Å². The van der Waals surface area contributed by atoms with Crippen molar-refractivity contribution in [3.8, 4) is 0 Å². The molecule has 0 spiro atoms. The first-order chi connectivity index (χ1) is 16.7. The summed E-state index contributed by atoms with van der Waals surface area (Å²) in [6, 6.07) is 14.6. The minimum atomic E-state index is -3.67. The van der Waals surface area contributed by atoms with Gasteiger partial charge in [0.2, 0.25) is 5.91 Å². The largest absolute Gasteiger partial charge is 0.768 e. The van der Waals surface area contributed by atoms with Crippen LogP contribution >= 0.6 is 0 Å². The first-order valence-electron chi connectivity index (χ1n) is 10.7. The number of sulfone groups is 1. The number of aryl methyl sites for hydroxylation is 1. The summed E-state index contributed by atoms with van der Waals surface area (Å²) in [6.45, 7) is 3.80. The summed E-state index contributed by atoms with van der Waals surface area (Å²) in [5, 5.41) is 0. The first-order valence-corrected chi connectivity index (χ1v) is 13.4. The van der Waals surface area contributed by atoms with E-state index in [0.717, 1.165) is 11.3 Å². The third-order valence-corrected chi connectivity index (χ3v) is 7.60. The third kappa shape index (κ3) is 7.57. The summed E-state index contributed by atoms with van der Waals surface area (Å²) >= 11 is -2.26. The maximum atomic E-state index is 12.5. The lowest BCUT2D eigenvalue weighted by Crippen LogP contribution is -2.50. The number of benzene rings is 2. The fourth-order valence-electron chi connectivity index (χ4n) is 3.37. The number of hydrogen-bond acceptors (Lipinski definition) is 9. The molecule has 4 rings (SSSR count). The molecule has 0 radical (unpaired) electrons. The number of rotatable bonds is 5. The van der Waals surface area contributed by atoms with E-state index in [1.165, 1.54) is 30.6 Å². The van der Waals surface area contributed by atoms with Crippen molar-refractivity contribution >= 4 is 38.3 Å². The molecule has 2 aromatic carbocycles. The minimum Gasteiger partial charge on any atom is -0.768 e. The second-order valence-electron chi connectivity index (χ2n) is 7.80. The number of nitrogens with two attached hydrogens (primary N) is 1. The zero-order valence-electron chi connectivity index (χ0n) is 19.1. The maximum absolute atomic E-state index is 12.5. The molecule has 0 aliphatic carbocycles. The molecule has 1 aliphatic rings. The molecular weight excluding hydrogens is 490 g/mol. The van der Waals surface area contributed by atoms with Crippen LogP contribution in [0.15, 0.2) is 76.9 Å². The quantitative estimate of drug-likeness (QED) is 0.497. The van der Waals surface area contributed by atoms with Gasteiger partial charge in [-0.3, -0.25) is 9.00 Å². The van der Waals surface area contributed by atoms with Crippen molar-refractivity contribution in [2.75, 3.05) is 42.6 Å². The van der Waals surface area contributed by atoms with Crippen LogP contribution in [0, 0.1) is 6.92 Å². The Hall–Kier alpha value is -3.35. The van der Waals surface area contributed by atoms with Gasteiger partial charge in [0.05, 0.1) is 4.90 Å². The van der Waals surface area contributed by atoms with Crippen molar-refractivity contribution in [1.82, 2.24) is 14.9 Å². The molecule has 0 bridgehead atoms. The summed E-state index contributed by atoms with van der Waals surface area (Å²) < 4.78 is 46.8. The van der Waals surface area contributed by atoms with E-state index in [4.69, 9.17) is 5.73 Å². The molecule has 12 heteroatoms. The fourth-order valence-corrected chi connectivity index (χ4v) is 4.95. The summed E-state index contributed by atoms with van der Waals surface area (Å²) in [7, 11) is -3.67. The molecule has 2 N–H and O–H groups in total. The molecule has 2 heterocycles. The van der Waals surface area contributed by atoms with Crippen molar-refractivity contribution in [2.24, 2.45) is 0 Å². The van der Waals surface area contributed by atoms with Gasteiger partial charge in [0.1, 0.15) is 17.9 Å². The van der Waals surface area contributed by atoms with Gasteiger partial charge >= 0.3 is 0 Å². The minimum absolute atomic E-state index is 0. The second-order valence-corrected chi connectivity index (χ2v) is 10.7. The van der Waals surface area contributed by atoms with Gasteiger partial charge in [-0.2, -0.15) is 0 Å². The number of anilines is 2. The Labute approximate surface area is 208 Å². The molecule has 1 amide bonds. The van der Waals surface area contributed by atoms with Gasteiger partial charge in [-0.1, -0.05) is 17.7 Å². The highest BCUT2D eigenvalue weighted by Gasteiger charge is 2.26. The molecule has 1 unspecified atom stereocenters. The van der Waals surface area contributed by atoms with Gasteiger partial charge in [-0.25, -0.2) is 18.4 Å². The van der Waals surface area contributed by atoms with Gasteiger partial charge in [-0.05, 0) is 60.5 Å². The molecule has 1 aromatic heterocycles. The lowest BCUT2D eigenvalue weighted by atomic mass is 10.2. The van der Waals surface area contributed by atoms with Crippen molar-refractivity contribution in [2.45, 2.75) is 16.7 Å². The Balaban J connectivity index is 0.000000492. The van der Waals surface area contributed by atoms with E-state index in [0.29, 0.717) is 32.0 Å². The van der Waals surface area contributed by atoms with Crippen LogP contribution in [0.1, 0.15) is 6.99 Å². The van der Waals surface area contributed by atoms with Crippen LogP contribution in [-0.2, 0) is 25.7 Å². The molecule has 0 saturated carbocycles. The average Bonchev–Trinajstić information content (AvgIpc) is 2.85. The van der Waals surface area contributed by atoms with Crippen LogP contribution in [0.3, 0.4) is 0 Å². The summed E-state index contributed by atoms with van der Waals surface area (Å²) in [4.78, 5) is 23.7. The SMILES string of the molecule is Cc1ccc(S(=O)(=O)CC(=O)N2CCN(c3ccc(S(=O)[O-])cc3)CC2)cc1.Nc1ccncn1.[HH]. The van der Waals surface area contributed by atoms with Gasteiger partial charge in [-0.15, -0.1) is 0 Å². The number of amides is 1. The molecule has 3 aromatic rings. The summed E-state index contributed by atoms with van der Waals surface area (Å²) in [5.74, 6) is -0.438. The predicted octanol–water partition coefficient (Wildman–Crippen LogP) is 1.66. The smallest absolute Gasteiger partial charge is 0.238 e. The summed E-state index contributed by atoms with van der Waals surface area (Å²) in [6.07, 6.45) is 3.01. The lowest BCUT2D eigenvalue weighted by Gasteiger charge is -2.36. The Morgan fingerprint density at radius 1 is 1.06 bits per heavy atom. The monoisotopic (exact) mass is 518 g/mol. The highest BCUT2D eigenvalue weighted by atomic mass is 32.2. The maximum Gasteiger partial charge on any atom is 0.238 e. The molecule has 1 atom stereocenters. The normalized spacial score (nSPS) is 14.6. The van der Waals surface area contributed by atoms with Crippen LogP contribution in [0.4, 0.5) is 11.5 Å². The Kier molecular flexibility index (Phi) is 8.90. The number of carbonyl (C=O) groups is 1. The van der Waals surface area contributed by atoms with Crippen molar-refractivity contribution in [3.63, 3.8) is 0 Å². The molecule has 10 nitrogen and oxygen atoms in total. The highest BCUT2D eigenvalue weighted by molar-refractivity contribution is 7.92. The van der Waals surface area contributed by atoms with E-state index in [1.54, 1.807) is 41.4 Å². The zero-order chi connectivity index (χ0) is 25.4. The van der Waals surface area contributed by atoms with Crippen LogP contribution in [0.5, 0.6) is 0 Å². The molecule has 35 heavy (non-hydrogen) atoms. The van der Waals surface area contributed by atoms with Crippen molar-refractivity contribution < 1.29 is 23.4 Å². The van der Waals surface area contributed by atoms with Crippen LogP contribution in [-0.4, -0.2) is 69.9 Å². The standard InChI is InChI=1S/C19H22N2O5S2.C4H5N3.H2/c1-15-2-8-18(9-3-15)28(25,26)14-19(22)21-12-10-20(11-13-21)16-4-6-17(7-5-16)27(23)24;5-4-1-2-6-3-7-4;/h2-9H,10-14H2,1H3,(H,23,24);1-3H,(H2,5,6,7);1H/p-1. The van der Waals surface area contributed by atoms with Gasteiger partial charge in [0, 0.05) is 44.4 Å². The fraction of sp³-hybridized carbons (Fsp3) is 0.261. The molecular formula is C23H28N5O5S2-. The van der Waals surface area contributed by atoms with Crippen LogP contribution in [0.25, 0.3) is 0 Å². The van der Waals surface area contributed by atoms with Gasteiger partial charge < -0.3 is 20.1 Å². The van der Waals surface area contributed by atoms with Crippen molar-refractivity contribution in [1.29, 1.82) is 0 Å². The van der Waals surface area contributed by atoms with E-state index >= 15 is 0 Å². The van der Waals surface area contributed by atoms with Crippen molar-refractivity contribution in [3.05, 3.63) is 72.7 Å². The Bertz CT molecular complexity index is 1250. The predicted molar refractivity (Wildman–Crippen MR) is 134 cm³/mol. The average molecular weight is 519 g/mol. The van der Waals surface area contributed by atoms with Gasteiger partial charge in [0.25, 0.3) is 0 Å². The highest BCUT2D eigenvalue weighted by Crippen LogP contribution is 2.19. The molecule has 1 fully saturated rings. The second kappa shape index (κ2) is 11.9. The number of nitrogens with zero attached hydrogens (tertiary/aromatic N) is 4. The number of carbonyl (C=O) groups excluding carboxylic acids is 1. The van der Waals surface area contributed by atoms with E-state index in [-0.39, 0.29) is 11.2 Å². The first kappa shape index (κ1) is 26.3. The van der Waals surface area contributed by atoms with E-state index in [2.05, 4.69) is 9.97 Å². The van der Waals surface area contributed by atoms with Crippen LogP contribution in [0.2, 0.25) is 0 Å². The number of nitrogen functional groups attached to an aromatic ring is 1. The Morgan fingerprint density at radius 2 is 1.69 bits per heavy atom. The number of piperazine rings is 1. The van der Waals surface area contributed by atoms with E-state index in [9.17, 15) is 22.0 Å². The number of hydrogen-bond donors (Lipinski definition) is 1.